The van der Waals surface area contributed by atoms with Gasteiger partial charge in [0.1, 0.15) is 17.2 Å². The van der Waals surface area contributed by atoms with Crippen LogP contribution in [-0.2, 0) is 0 Å². The van der Waals surface area contributed by atoms with E-state index < -0.39 is 0 Å². The lowest BCUT2D eigenvalue weighted by atomic mass is 10.1. The Hall–Kier alpha value is -1.59. The van der Waals surface area contributed by atoms with Crippen molar-refractivity contribution < 1.29 is 14.2 Å². The van der Waals surface area contributed by atoms with Crippen LogP contribution in [0.15, 0.2) is 33.6 Å². The molecule has 0 spiro atoms. The van der Waals surface area contributed by atoms with E-state index in [0.29, 0.717) is 6.61 Å². The number of benzene rings is 2. The van der Waals surface area contributed by atoms with Gasteiger partial charge in [-0.3, -0.25) is 0 Å². The van der Waals surface area contributed by atoms with Crippen LogP contribution in [0.1, 0.15) is 23.6 Å². The van der Waals surface area contributed by atoms with E-state index in [2.05, 4.69) is 28.9 Å². The highest BCUT2D eigenvalue weighted by atomic mass is 79.9. The van der Waals surface area contributed by atoms with Gasteiger partial charge in [-0.2, -0.15) is 0 Å². The number of hydrogen-bond donors (Lipinski definition) is 0. The van der Waals surface area contributed by atoms with Gasteiger partial charge in [-0.15, -0.1) is 11.8 Å². The molecule has 2 aromatic carbocycles. The summed E-state index contributed by atoms with van der Waals surface area (Å²) in [5.74, 6) is 2.42. The summed E-state index contributed by atoms with van der Waals surface area (Å²) >= 11 is 5.32. The van der Waals surface area contributed by atoms with E-state index in [-0.39, 0.29) is 0 Å². The normalized spacial score (nSPS) is 11.0. The van der Waals surface area contributed by atoms with E-state index in [0.717, 1.165) is 43.3 Å². The molecule has 0 aromatic heterocycles. The Bertz CT molecular complexity index is 747. The van der Waals surface area contributed by atoms with Gasteiger partial charge in [0, 0.05) is 26.6 Å². The van der Waals surface area contributed by atoms with Crippen LogP contribution in [0.25, 0.3) is 12.2 Å². The largest absolute Gasteiger partial charge is 0.496 e. The maximum absolute atomic E-state index is 5.64. The molecule has 0 fully saturated rings. The molecule has 0 unspecified atom stereocenters. The lowest BCUT2D eigenvalue weighted by Gasteiger charge is -2.14. The van der Waals surface area contributed by atoms with Crippen LogP contribution in [0.5, 0.6) is 17.2 Å². The predicted octanol–water partition coefficient (Wildman–Crippen LogP) is 6.07. The number of halogens is 1. The van der Waals surface area contributed by atoms with Crippen molar-refractivity contribution in [2.75, 3.05) is 27.1 Å². The van der Waals surface area contributed by atoms with Crippen molar-refractivity contribution in [3.05, 3.63) is 45.4 Å². The van der Waals surface area contributed by atoms with Crippen molar-refractivity contribution in [1.29, 1.82) is 0 Å². The minimum absolute atomic E-state index is 0.625. The molecule has 0 bridgehead atoms. The molecule has 0 radical (unpaired) electrons. The number of aryl methyl sites for hydroxylation is 1. The van der Waals surface area contributed by atoms with Crippen molar-refractivity contribution >= 4 is 39.8 Å². The minimum Gasteiger partial charge on any atom is -0.496 e. The third-order valence-corrected chi connectivity index (χ3v) is 5.63. The predicted molar refractivity (Wildman–Crippen MR) is 110 cm³/mol. The van der Waals surface area contributed by atoms with Gasteiger partial charge < -0.3 is 14.2 Å². The van der Waals surface area contributed by atoms with Gasteiger partial charge in [0.15, 0.2) is 0 Å². The molecule has 0 saturated heterocycles. The van der Waals surface area contributed by atoms with Crippen molar-refractivity contribution in [1.82, 2.24) is 0 Å². The van der Waals surface area contributed by atoms with E-state index >= 15 is 0 Å². The van der Waals surface area contributed by atoms with Gasteiger partial charge in [0.05, 0.1) is 20.8 Å². The van der Waals surface area contributed by atoms with E-state index in [1.165, 1.54) is 0 Å². The molecule has 5 heteroatoms. The molecule has 0 aliphatic heterocycles. The molecular weight excluding hydrogens is 400 g/mol. The maximum atomic E-state index is 5.64. The average Bonchev–Trinajstić information content (AvgIpc) is 2.63. The zero-order valence-electron chi connectivity index (χ0n) is 15.2. The standard InChI is InChI=1S/C20H23BrO3S/c1-6-24-14-11-18(23-4)15(19(12-14)25-5)8-9-16-17(22-3)10-7-13(2)20(16)21/h7-12H,6H2,1-5H3/b9-8+. The highest BCUT2D eigenvalue weighted by molar-refractivity contribution is 9.10. The second-order valence-corrected chi connectivity index (χ2v) is 6.96. The fraction of sp³-hybridized carbons (Fsp3) is 0.300. The molecule has 0 amide bonds. The third kappa shape index (κ3) is 4.53. The molecule has 0 aliphatic rings. The molecule has 0 saturated carbocycles. The molecular formula is C20H23BrO3S. The van der Waals surface area contributed by atoms with Gasteiger partial charge in [0.25, 0.3) is 0 Å². The average molecular weight is 423 g/mol. The second-order valence-electron chi connectivity index (χ2n) is 5.32. The monoisotopic (exact) mass is 422 g/mol. The quantitative estimate of drug-likeness (QED) is 0.399. The first-order chi connectivity index (χ1) is 12.0. The first-order valence-electron chi connectivity index (χ1n) is 7.95. The SMILES string of the molecule is CCOc1cc(OC)c(/C=C/c2c(OC)ccc(C)c2Br)c(SC)c1. The Morgan fingerprint density at radius 1 is 1.04 bits per heavy atom. The molecule has 3 nitrogen and oxygen atoms in total. The Balaban J connectivity index is 2.53. The molecule has 134 valence electrons. The minimum atomic E-state index is 0.625. The van der Waals surface area contributed by atoms with Gasteiger partial charge >= 0.3 is 0 Å². The smallest absolute Gasteiger partial charge is 0.130 e. The summed E-state index contributed by atoms with van der Waals surface area (Å²) in [6, 6.07) is 7.97. The number of thioether (sulfide) groups is 1. The summed E-state index contributed by atoms with van der Waals surface area (Å²) in [5, 5.41) is 0. The number of rotatable bonds is 7. The zero-order chi connectivity index (χ0) is 18.4. The zero-order valence-corrected chi connectivity index (χ0v) is 17.6. The summed E-state index contributed by atoms with van der Waals surface area (Å²) in [6.07, 6.45) is 6.15. The van der Waals surface area contributed by atoms with Gasteiger partial charge in [0.2, 0.25) is 0 Å². The highest BCUT2D eigenvalue weighted by Gasteiger charge is 2.12. The van der Waals surface area contributed by atoms with E-state index in [1.54, 1.807) is 26.0 Å². The summed E-state index contributed by atoms with van der Waals surface area (Å²) in [6.45, 7) is 4.66. The van der Waals surface area contributed by atoms with Gasteiger partial charge in [-0.25, -0.2) is 0 Å². The maximum Gasteiger partial charge on any atom is 0.130 e. The molecule has 0 heterocycles. The lowest BCUT2D eigenvalue weighted by Crippen LogP contribution is -1.96. The lowest BCUT2D eigenvalue weighted by molar-refractivity contribution is 0.335. The van der Waals surface area contributed by atoms with E-state index in [1.807, 2.05) is 43.5 Å². The van der Waals surface area contributed by atoms with Crippen molar-refractivity contribution in [3.8, 4) is 17.2 Å². The second kappa shape index (κ2) is 9.20. The first-order valence-corrected chi connectivity index (χ1v) is 9.97. The van der Waals surface area contributed by atoms with Crippen LogP contribution in [0.4, 0.5) is 0 Å². The number of ether oxygens (including phenoxy) is 3. The van der Waals surface area contributed by atoms with Crippen LogP contribution < -0.4 is 14.2 Å². The first kappa shape index (κ1) is 19.7. The topological polar surface area (TPSA) is 27.7 Å². The van der Waals surface area contributed by atoms with Crippen molar-refractivity contribution in [2.45, 2.75) is 18.7 Å². The van der Waals surface area contributed by atoms with Crippen LogP contribution >= 0.6 is 27.7 Å². The molecule has 0 atom stereocenters. The Labute approximate surface area is 162 Å². The Morgan fingerprint density at radius 3 is 2.32 bits per heavy atom. The summed E-state index contributed by atoms with van der Waals surface area (Å²) in [4.78, 5) is 1.10. The fourth-order valence-corrected chi connectivity index (χ4v) is 3.60. The Morgan fingerprint density at radius 2 is 1.72 bits per heavy atom. The molecule has 25 heavy (non-hydrogen) atoms. The van der Waals surface area contributed by atoms with Crippen LogP contribution in [0, 0.1) is 6.92 Å². The number of methoxy groups -OCH3 is 2. The van der Waals surface area contributed by atoms with E-state index in [9.17, 15) is 0 Å². The van der Waals surface area contributed by atoms with Gasteiger partial charge in [-0.05, 0) is 65.9 Å². The Kier molecular flexibility index (Phi) is 7.26. The van der Waals surface area contributed by atoms with E-state index in [4.69, 9.17) is 14.2 Å². The number of hydrogen-bond acceptors (Lipinski definition) is 4. The molecule has 2 aromatic rings. The third-order valence-electron chi connectivity index (χ3n) is 3.80. The van der Waals surface area contributed by atoms with Gasteiger partial charge in [-0.1, -0.05) is 6.07 Å². The van der Waals surface area contributed by atoms with Crippen molar-refractivity contribution in [2.24, 2.45) is 0 Å². The molecule has 2 rings (SSSR count). The molecule has 0 N–H and O–H groups in total. The summed E-state index contributed by atoms with van der Waals surface area (Å²) in [5.41, 5.74) is 3.18. The molecule has 0 aliphatic carbocycles. The van der Waals surface area contributed by atoms with Crippen LogP contribution in [0.3, 0.4) is 0 Å². The van der Waals surface area contributed by atoms with Crippen molar-refractivity contribution in [3.63, 3.8) is 0 Å². The fourth-order valence-electron chi connectivity index (χ4n) is 2.51. The highest BCUT2D eigenvalue weighted by Crippen LogP contribution is 2.37. The van der Waals surface area contributed by atoms with Crippen LogP contribution in [-0.4, -0.2) is 27.1 Å². The summed E-state index contributed by atoms with van der Waals surface area (Å²) in [7, 11) is 3.36. The summed E-state index contributed by atoms with van der Waals surface area (Å²) < 4.78 is 17.7. The van der Waals surface area contributed by atoms with Crippen LogP contribution in [0.2, 0.25) is 0 Å².